The molecule has 0 aromatic heterocycles. The van der Waals surface area contributed by atoms with Crippen molar-refractivity contribution in [1.29, 1.82) is 0 Å². The van der Waals surface area contributed by atoms with Crippen LogP contribution < -0.4 is 0 Å². The standard InChI is InChI=1S/C5H5.Ru/c1-2-4-5-3-1;/h1-5H;/q-1;+1. The van der Waals surface area contributed by atoms with Crippen LogP contribution in [0.5, 0.6) is 0 Å². The van der Waals surface area contributed by atoms with E-state index in [-0.39, 0.29) is 19.5 Å². The summed E-state index contributed by atoms with van der Waals surface area (Å²) in [6.07, 6.45) is 0. The zero-order chi connectivity index (χ0) is 3.54. The van der Waals surface area contributed by atoms with Crippen molar-refractivity contribution in [3.05, 3.63) is 30.3 Å². The molecule has 0 aliphatic carbocycles. The third-order valence-electron chi connectivity index (χ3n) is 0.556. The minimum absolute atomic E-state index is 0. The summed E-state index contributed by atoms with van der Waals surface area (Å²) in [6, 6.07) is 10.0. The minimum Gasteiger partial charge on any atom is -0.214 e. The van der Waals surface area contributed by atoms with Crippen LogP contribution >= 0.6 is 0 Å². The Bertz CT molecular complexity index is 60.4. The van der Waals surface area contributed by atoms with Crippen molar-refractivity contribution in [3.8, 4) is 0 Å². The molecule has 1 rings (SSSR count). The van der Waals surface area contributed by atoms with Gasteiger partial charge in [-0.15, -0.1) is 0 Å². The quantitative estimate of drug-likeness (QED) is 0.403. The Morgan fingerprint density at radius 2 is 1.50 bits per heavy atom. The second-order valence-corrected chi connectivity index (χ2v) is 0.962. The molecule has 0 N–H and O–H groups in total. The fraction of sp³-hybridized carbons (Fsp3) is 0. The molecule has 0 saturated carbocycles. The molecule has 0 unspecified atom stereocenters. The summed E-state index contributed by atoms with van der Waals surface area (Å²) in [5.74, 6) is 0. The fourth-order valence-corrected chi connectivity index (χ4v) is 0.321. The van der Waals surface area contributed by atoms with E-state index in [2.05, 4.69) is 0 Å². The average Bonchev–Trinajstić information content (AvgIpc) is 1.76. The zero-order valence-corrected chi connectivity index (χ0v) is 4.98. The normalized spacial score (nSPS) is 6.67. The predicted octanol–water partition coefficient (Wildman–Crippen LogP) is 1.40. The van der Waals surface area contributed by atoms with E-state index < -0.39 is 0 Å². The molecule has 0 aliphatic heterocycles. The van der Waals surface area contributed by atoms with E-state index in [1.54, 1.807) is 0 Å². The molecule has 1 aromatic rings. The third-order valence-corrected chi connectivity index (χ3v) is 0.556. The summed E-state index contributed by atoms with van der Waals surface area (Å²) in [6.45, 7) is 0. The van der Waals surface area contributed by atoms with Gasteiger partial charge >= 0.3 is 19.5 Å². The number of rotatable bonds is 0. The SMILES string of the molecule is [Ru+].c1cc[cH-]c1. The number of hydrogen-bond acceptors (Lipinski definition) is 0. The van der Waals surface area contributed by atoms with Gasteiger partial charge in [0.2, 0.25) is 0 Å². The van der Waals surface area contributed by atoms with Crippen LogP contribution in [0.25, 0.3) is 0 Å². The Kier molecular flexibility index (Phi) is 3.16. The average molecular weight is 166 g/mol. The van der Waals surface area contributed by atoms with E-state index in [1.807, 2.05) is 30.3 Å². The summed E-state index contributed by atoms with van der Waals surface area (Å²) in [5, 5.41) is 0. The van der Waals surface area contributed by atoms with Gasteiger partial charge in [-0.1, -0.05) is 0 Å². The summed E-state index contributed by atoms with van der Waals surface area (Å²) in [4.78, 5) is 0. The van der Waals surface area contributed by atoms with E-state index in [0.717, 1.165) is 0 Å². The molecule has 1 aromatic carbocycles. The summed E-state index contributed by atoms with van der Waals surface area (Å²) < 4.78 is 0. The minimum atomic E-state index is 0. The first kappa shape index (κ1) is 5.97. The molecule has 0 heterocycles. The molecule has 6 heavy (non-hydrogen) atoms. The summed E-state index contributed by atoms with van der Waals surface area (Å²) >= 11 is 0. The molecule has 0 saturated heterocycles. The summed E-state index contributed by atoms with van der Waals surface area (Å²) in [5.41, 5.74) is 0. The van der Waals surface area contributed by atoms with E-state index in [9.17, 15) is 0 Å². The van der Waals surface area contributed by atoms with Gasteiger partial charge < -0.3 is 0 Å². The van der Waals surface area contributed by atoms with Crippen molar-refractivity contribution in [3.63, 3.8) is 0 Å². The van der Waals surface area contributed by atoms with E-state index in [1.165, 1.54) is 0 Å². The Balaban J connectivity index is 0.000000250. The van der Waals surface area contributed by atoms with Gasteiger partial charge in [-0.3, -0.25) is 0 Å². The Labute approximate surface area is 50.3 Å². The van der Waals surface area contributed by atoms with Gasteiger partial charge in [0.05, 0.1) is 0 Å². The van der Waals surface area contributed by atoms with Gasteiger partial charge in [-0.25, -0.2) is 12.1 Å². The van der Waals surface area contributed by atoms with Gasteiger partial charge in [-0.2, -0.15) is 18.2 Å². The second-order valence-electron chi connectivity index (χ2n) is 0.962. The molecule has 1 radical (unpaired) electrons. The molecule has 1 heteroatoms. The molecule has 0 amide bonds. The van der Waals surface area contributed by atoms with Crippen LogP contribution in [0.1, 0.15) is 0 Å². The molecule has 0 aliphatic rings. The van der Waals surface area contributed by atoms with Gasteiger partial charge in [0.25, 0.3) is 0 Å². The Morgan fingerprint density at radius 3 is 1.67 bits per heavy atom. The van der Waals surface area contributed by atoms with Crippen molar-refractivity contribution in [2.45, 2.75) is 0 Å². The van der Waals surface area contributed by atoms with Crippen LogP contribution in [0.2, 0.25) is 0 Å². The van der Waals surface area contributed by atoms with Crippen LogP contribution in [-0.4, -0.2) is 0 Å². The van der Waals surface area contributed by atoms with Crippen LogP contribution in [0.3, 0.4) is 0 Å². The zero-order valence-electron chi connectivity index (χ0n) is 3.24. The van der Waals surface area contributed by atoms with Crippen molar-refractivity contribution < 1.29 is 19.5 Å². The first-order valence-electron chi connectivity index (χ1n) is 1.67. The Morgan fingerprint density at radius 1 is 1.00 bits per heavy atom. The van der Waals surface area contributed by atoms with Gasteiger partial charge in [-0.05, 0) is 0 Å². The van der Waals surface area contributed by atoms with Crippen LogP contribution in [0.4, 0.5) is 0 Å². The topological polar surface area (TPSA) is 0 Å². The van der Waals surface area contributed by atoms with Gasteiger partial charge in [0, 0.05) is 0 Å². The van der Waals surface area contributed by atoms with Crippen molar-refractivity contribution in [2.75, 3.05) is 0 Å². The largest absolute Gasteiger partial charge is 1.00 e. The summed E-state index contributed by atoms with van der Waals surface area (Å²) in [7, 11) is 0. The molecule has 0 fully saturated rings. The maximum Gasteiger partial charge on any atom is 1.00 e. The fourth-order valence-electron chi connectivity index (χ4n) is 0.321. The van der Waals surface area contributed by atoms with E-state index >= 15 is 0 Å². The molecular formula is C5H5Ru. The van der Waals surface area contributed by atoms with Crippen molar-refractivity contribution in [2.24, 2.45) is 0 Å². The maximum atomic E-state index is 2.00. The molecule has 0 spiro atoms. The first-order chi connectivity index (χ1) is 2.50. The predicted molar refractivity (Wildman–Crippen MR) is 22.0 cm³/mol. The van der Waals surface area contributed by atoms with Crippen molar-refractivity contribution in [1.82, 2.24) is 0 Å². The van der Waals surface area contributed by atoms with Crippen LogP contribution in [-0.2, 0) is 19.5 Å². The molecule has 33 valence electrons. The first-order valence-corrected chi connectivity index (χ1v) is 1.67. The van der Waals surface area contributed by atoms with Gasteiger partial charge in [0.15, 0.2) is 0 Å². The smallest absolute Gasteiger partial charge is 0.214 e. The Hall–Kier alpha value is -0.0266. The molecule has 0 bridgehead atoms. The van der Waals surface area contributed by atoms with Crippen molar-refractivity contribution >= 4 is 0 Å². The van der Waals surface area contributed by atoms with Crippen LogP contribution in [0.15, 0.2) is 30.3 Å². The maximum absolute atomic E-state index is 2.00. The molecule has 0 atom stereocenters. The third kappa shape index (κ3) is 1.42. The second kappa shape index (κ2) is 3.17. The molecule has 0 nitrogen and oxygen atoms in total. The van der Waals surface area contributed by atoms with Crippen LogP contribution in [0, 0.1) is 0 Å². The van der Waals surface area contributed by atoms with E-state index in [0.29, 0.717) is 0 Å². The number of hydrogen-bond donors (Lipinski definition) is 0. The van der Waals surface area contributed by atoms with Gasteiger partial charge in [0.1, 0.15) is 0 Å². The van der Waals surface area contributed by atoms with E-state index in [4.69, 9.17) is 0 Å². The molecular weight excluding hydrogens is 161 g/mol. The monoisotopic (exact) mass is 167 g/mol.